The molecular weight excluding hydrogens is 238 g/mol. The quantitative estimate of drug-likeness (QED) is 0.735. The number of aliphatic hydroxyl groups excluding tert-OH is 1. The first-order chi connectivity index (χ1) is 9.31. The lowest BCUT2D eigenvalue weighted by Gasteiger charge is -2.10. The van der Waals surface area contributed by atoms with E-state index in [1.165, 1.54) is 0 Å². The normalized spacial score (nSPS) is 10.8. The molecule has 0 bridgehead atoms. The highest BCUT2D eigenvalue weighted by atomic mass is 16.3. The minimum absolute atomic E-state index is 0.158. The van der Waals surface area contributed by atoms with E-state index >= 15 is 0 Å². The van der Waals surface area contributed by atoms with Crippen molar-refractivity contribution < 1.29 is 5.11 Å². The Bertz CT molecular complexity index is 776. The molecule has 0 aliphatic heterocycles. The molecule has 3 nitrogen and oxygen atoms in total. The second kappa shape index (κ2) is 4.71. The maximum Gasteiger partial charge on any atom is 0.256 e. The topological polar surface area (TPSA) is 53.1 Å². The Morgan fingerprint density at radius 3 is 2.37 bits per heavy atom. The van der Waals surface area contributed by atoms with Gasteiger partial charge in [-0.15, -0.1) is 0 Å². The van der Waals surface area contributed by atoms with Gasteiger partial charge >= 0.3 is 0 Å². The van der Waals surface area contributed by atoms with E-state index in [1.807, 2.05) is 54.6 Å². The van der Waals surface area contributed by atoms with E-state index in [-0.39, 0.29) is 12.2 Å². The summed E-state index contributed by atoms with van der Waals surface area (Å²) in [7, 11) is 0. The summed E-state index contributed by atoms with van der Waals surface area (Å²) in [6, 6.07) is 16.9. The molecular formula is C16H13NO2. The summed E-state index contributed by atoms with van der Waals surface area (Å²) in [6.45, 7) is -0.158. The van der Waals surface area contributed by atoms with Crippen molar-refractivity contribution in [2.45, 2.75) is 6.61 Å². The summed E-state index contributed by atoms with van der Waals surface area (Å²) in [5.74, 6) is 0. The lowest BCUT2D eigenvalue weighted by atomic mass is 9.98. The molecule has 0 saturated heterocycles. The number of para-hydroxylation sites is 1. The molecule has 0 unspecified atom stereocenters. The van der Waals surface area contributed by atoms with E-state index in [1.54, 1.807) is 0 Å². The predicted octanol–water partition coefficient (Wildman–Crippen LogP) is 2.69. The second-order valence-corrected chi connectivity index (χ2v) is 4.38. The van der Waals surface area contributed by atoms with Gasteiger partial charge in [-0.05, 0) is 11.6 Å². The highest BCUT2D eigenvalue weighted by molar-refractivity contribution is 5.88. The van der Waals surface area contributed by atoms with Crippen LogP contribution >= 0.6 is 0 Å². The van der Waals surface area contributed by atoms with Crippen LogP contribution in [0.15, 0.2) is 59.4 Å². The summed E-state index contributed by atoms with van der Waals surface area (Å²) < 4.78 is 0. The summed E-state index contributed by atoms with van der Waals surface area (Å²) in [4.78, 5) is 15.1. The minimum Gasteiger partial charge on any atom is -0.392 e. The molecule has 0 amide bonds. The fourth-order valence-electron chi connectivity index (χ4n) is 2.39. The number of nitrogens with one attached hydrogen (secondary N) is 1. The van der Waals surface area contributed by atoms with Crippen molar-refractivity contribution in [1.29, 1.82) is 0 Å². The van der Waals surface area contributed by atoms with Crippen LogP contribution in [0.2, 0.25) is 0 Å². The van der Waals surface area contributed by atoms with Gasteiger partial charge in [0.05, 0.1) is 12.2 Å². The smallest absolute Gasteiger partial charge is 0.256 e. The molecule has 0 saturated carbocycles. The number of aromatic amines is 1. The lowest BCUT2D eigenvalue weighted by molar-refractivity contribution is 0.283. The van der Waals surface area contributed by atoms with E-state index in [4.69, 9.17) is 0 Å². The molecule has 0 aliphatic carbocycles. The van der Waals surface area contributed by atoms with E-state index < -0.39 is 0 Å². The molecule has 0 radical (unpaired) electrons. The number of aliphatic hydroxyl groups is 1. The second-order valence-electron chi connectivity index (χ2n) is 4.38. The Morgan fingerprint density at radius 1 is 0.947 bits per heavy atom. The highest BCUT2D eigenvalue weighted by Gasteiger charge is 2.12. The van der Waals surface area contributed by atoms with Gasteiger partial charge in [0, 0.05) is 16.5 Å². The standard InChI is InChI=1S/C16H13NO2/c18-10-13-12-8-4-5-9-14(12)17-16(19)15(13)11-6-2-1-3-7-11/h1-9,18H,10H2,(H,17,19). The first kappa shape index (κ1) is 11.7. The molecule has 0 spiro atoms. The Kier molecular flexibility index (Phi) is 2.89. The highest BCUT2D eigenvalue weighted by Crippen LogP contribution is 2.25. The Balaban J connectivity index is 2.42. The van der Waals surface area contributed by atoms with Crippen LogP contribution in [-0.4, -0.2) is 10.1 Å². The van der Waals surface area contributed by atoms with E-state index in [2.05, 4.69) is 4.98 Å². The summed E-state index contributed by atoms with van der Waals surface area (Å²) in [5.41, 5.74) is 2.61. The third-order valence-corrected chi connectivity index (χ3v) is 3.25. The average Bonchev–Trinajstić information content (AvgIpc) is 2.46. The van der Waals surface area contributed by atoms with Gasteiger partial charge in [-0.2, -0.15) is 0 Å². The monoisotopic (exact) mass is 251 g/mol. The number of rotatable bonds is 2. The van der Waals surface area contributed by atoms with E-state index in [0.29, 0.717) is 11.1 Å². The Morgan fingerprint density at radius 2 is 1.63 bits per heavy atom. The molecule has 1 heterocycles. The average molecular weight is 251 g/mol. The van der Waals surface area contributed by atoms with Crippen molar-refractivity contribution in [3.63, 3.8) is 0 Å². The van der Waals surface area contributed by atoms with Gasteiger partial charge in [0.25, 0.3) is 5.56 Å². The number of pyridine rings is 1. The molecule has 3 heteroatoms. The molecule has 3 aromatic rings. The van der Waals surface area contributed by atoms with Crippen LogP contribution in [0.5, 0.6) is 0 Å². The third kappa shape index (κ3) is 1.94. The molecule has 0 fully saturated rings. The SMILES string of the molecule is O=c1[nH]c2ccccc2c(CO)c1-c1ccccc1. The van der Waals surface area contributed by atoms with Gasteiger partial charge in [-0.3, -0.25) is 4.79 Å². The first-order valence-electron chi connectivity index (χ1n) is 6.11. The maximum absolute atomic E-state index is 12.2. The fourth-order valence-corrected chi connectivity index (χ4v) is 2.39. The molecule has 94 valence electrons. The van der Waals surface area contributed by atoms with Crippen molar-refractivity contribution in [2.75, 3.05) is 0 Å². The van der Waals surface area contributed by atoms with Gasteiger partial charge in [0.1, 0.15) is 0 Å². The van der Waals surface area contributed by atoms with Crippen LogP contribution in [0.25, 0.3) is 22.0 Å². The molecule has 19 heavy (non-hydrogen) atoms. The van der Waals surface area contributed by atoms with Gasteiger partial charge in [0.2, 0.25) is 0 Å². The minimum atomic E-state index is -0.172. The molecule has 2 aromatic carbocycles. The van der Waals surface area contributed by atoms with E-state index in [9.17, 15) is 9.90 Å². The fraction of sp³-hybridized carbons (Fsp3) is 0.0625. The van der Waals surface area contributed by atoms with Gasteiger partial charge in [-0.25, -0.2) is 0 Å². The van der Waals surface area contributed by atoms with Crippen LogP contribution < -0.4 is 5.56 Å². The van der Waals surface area contributed by atoms with Crippen molar-refractivity contribution in [2.24, 2.45) is 0 Å². The van der Waals surface area contributed by atoms with E-state index in [0.717, 1.165) is 16.5 Å². The number of hydrogen-bond donors (Lipinski definition) is 2. The number of aromatic nitrogens is 1. The van der Waals surface area contributed by atoms with Gasteiger partial charge in [0.15, 0.2) is 0 Å². The first-order valence-corrected chi connectivity index (χ1v) is 6.11. The van der Waals surface area contributed by atoms with Crippen molar-refractivity contribution >= 4 is 10.9 Å². The van der Waals surface area contributed by atoms with Crippen LogP contribution in [0, 0.1) is 0 Å². The Hall–Kier alpha value is -2.39. The van der Waals surface area contributed by atoms with Crippen LogP contribution in [-0.2, 0) is 6.61 Å². The molecule has 0 atom stereocenters. The molecule has 1 aromatic heterocycles. The zero-order chi connectivity index (χ0) is 13.2. The van der Waals surface area contributed by atoms with Crippen molar-refractivity contribution in [3.8, 4) is 11.1 Å². The number of H-pyrrole nitrogens is 1. The molecule has 0 aliphatic rings. The Labute approximate surface area is 110 Å². The predicted molar refractivity (Wildman–Crippen MR) is 75.9 cm³/mol. The largest absolute Gasteiger partial charge is 0.392 e. The zero-order valence-corrected chi connectivity index (χ0v) is 10.3. The summed E-state index contributed by atoms with van der Waals surface area (Å²) >= 11 is 0. The maximum atomic E-state index is 12.2. The van der Waals surface area contributed by atoms with Crippen LogP contribution in [0.4, 0.5) is 0 Å². The zero-order valence-electron chi connectivity index (χ0n) is 10.3. The van der Waals surface area contributed by atoms with Gasteiger partial charge < -0.3 is 10.1 Å². The summed E-state index contributed by atoms with van der Waals surface area (Å²) in [6.07, 6.45) is 0. The van der Waals surface area contributed by atoms with Crippen molar-refractivity contribution in [1.82, 2.24) is 4.98 Å². The van der Waals surface area contributed by atoms with Crippen LogP contribution in [0.1, 0.15) is 5.56 Å². The number of benzene rings is 2. The van der Waals surface area contributed by atoms with Crippen molar-refractivity contribution in [3.05, 3.63) is 70.5 Å². The lowest BCUT2D eigenvalue weighted by Crippen LogP contribution is -2.12. The summed E-state index contributed by atoms with van der Waals surface area (Å²) in [5, 5.41) is 10.5. The molecule has 2 N–H and O–H groups in total. The van der Waals surface area contributed by atoms with Crippen LogP contribution in [0.3, 0.4) is 0 Å². The number of hydrogen-bond acceptors (Lipinski definition) is 2. The number of fused-ring (bicyclic) bond motifs is 1. The van der Waals surface area contributed by atoms with Gasteiger partial charge in [-0.1, -0.05) is 48.5 Å². The third-order valence-electron chi connectivity index (χ3n) is 3.25. The molecule has 3 rings (SSSR count).